The molecule has 1 aromatic carbocycles. The summed E-state index contributed by atoms with van der Waals surface area (Å²) in [6.45, 7) is 0. The van der Waals surface area contributed by atoms with Gasteiger partial charge >= 0.3 is 5.69 Å². The SMILES string of the molecule is CN(C)c1cc(=O)c2cc3c(=O)n(C)c(=O)[nH]c3cc2[nH]1. The third-order valence-electron chi connectivity index (χ3n) is 3.52. The number of hydrogen-bond acceptors (Lipinski definition) is 4. The van der Waals surface area contributed by atoms with Crippen LogP contribution < -0.4 is 21.6 Å². The first-order chi connectivity index (χ1) is 9.88. The number of benzene rings is 1. The van der Waals surface area contributed by atoms with Gasteiger partial charge in [0.15, 0.2) is 5.43 Å². The normalized spacial score (nSPS) is 11.2. The van der Waals surface area contributed by atoms with Gasteiger partial charge in [-0.25, -0.2) is 4.79 Å². The summed E-state index contributed by atoms with van der Waals surface area (Å²) in [4.78, 5) is 43.5. The zero-order chi connectivity index (χ0) is 15.3. The van der Waals surface area contributed by atoms with Crippen molar-refractivity contribution in [2.45, 2.75) is 0 Å². The van der Waals surface area contributed by atoms with Gasteiger partial charge in [-0.2, -0.15) is 0 Å². The molecule has 0 amide bonds. The second kappa shape index (κ2) is 4.34. The highest BCUT2D eigenvalue weighted by Gasteiger charge is 2.09. The standard InChI is InChI=1S/C14H14N4O3/c1-17(2)12-6-11(19)7-4-8-10(5-9(7)15-12)16-14(21)18(3)13(8)20/h4-6H,1-3H3,(H,15,19)(H,16,21). The first-order valence-electron chi connectivity index (χ1n) is 6.36. The van der Waals surface area contributed by atoms with Gasteiger partial charge in [0.05, 0.1) is 16.4 Å². The Morgan fingerprint density at radius 3 is 2.29 bits per heavy atom. The van der Waals surface area contributed by atoms with Crippen LogP contribution in [-0.4, -0.2) is 28.6 Å². The van der Waals surface area contributed by atoms with Crippen molar-refractivity contribution in [3.8, 4) is 0 Å². The van der Waals surface area contributed by atoms with Gasteiger partial charge in [-0.05, 0) is 12.1 Å². The Morgan fingerprint density at radius 1 is 0.952 bits per heavy atom. The Balaban J connectivity index is 2.52. The molecule has 7 nitrogen and oxygen atoms in total. The second-order valence-corrected chi connectivity index (χ2v) is 5.15. The first-order valence-corrected chi connectivity index (χ1v) is 6.36. The van der Waals surface area contributed by atoms with Crippen molar-refractivity contribution < 1.29 is 0 Å². The molecule has 0 saturated heterocycles. The molecule has 0 atom stereocenters. The van der Waals surface area contributed by atoms with E-state index in [4.69, 9.17) is 0 Å². The van der Waals surface area contributed by atoms with Crippen molar-refractivity contribution in [2.24, 2.45) is 7.05 Å². The molecule has 0 radical (unpaired) electrons. The highest BCUT2D eigenvalue weighted by Crippen LogP contribution is 2.17. The summed E-state index contributed by atoms with van der Waals surface area (Å²) in [6, 6.07) is 4.60. The average Bonchev–Trinajstić information content (AvgIpc) is 2.43. The van der Waals surface area contributed by atoms with Crippen molar-refractivity contribution >= 4 is 27.6 Å². The van der Waals surface area contributed by atoms with E-state index in [1.807, 2.05) is 14.1 Å². The van der Waals surface area contributed by atoms with Gasteiger partial charge in [-0.15, -0.1) is 0 Å². The minimum Gasteiger partial charge on any atom is -0.364 e. The molecule has 108 valence electrons. The summed E-state index contributed by atoms with van der Waals surface area (Å²) in [5.41, 5.74) is -0.114. The summed E-state index contributed by atoms with van der Waals surface area (Å²) >= 11 is 0. The Hall–Kier alpha value is -2.83. The van der Waals surface area contributed by atoms with E-state index in [0.29, 0.717) is 27.6 Å². The van der Waals surface area contributed by atoms with Gasteiger partial charge in [-0.3, -0.25) is 14.2 Å². The predicted molar refractivity (Wildman–Crippen MR) is 82.3 cm³/mol. The smallest absolute Gasteiger partial charge is 0.328 e. The molecule has 2 N–H and O–H groups in total. The van der Waals surface area contributed by atoms with E-state index in [1.165, 1.54) is 19.2 Å². The zero-order valence-electron chi connectivity index (χ0n) is 11.9. The Bertz CT molecular complexity index is 1040. The molecule has 7 heteroatoms. The summed E-state index contributed by atoms with van der Waals surface area (Å²) in [5, 5.41) is 0.727. The summed E-state index contributed by atoms with van der Waals surface area (Å²) in [5.74, 6) is 0.651. The maximum atomic E-state index is 12.2. The highest BCUT2D eigenvalue weighted by molar-refractivity contribution is 5.94. The average molecular weight is 286 g/mol. The molecule has 0 saturated carbocycles. The number of H-pyrrole nitrogens is 2. The van der Waals surface area contributed by atoms with Gasteiger partial charge in [0.1, 0.15) is 5.82 Å². The van der Waals surface area contributed by atoms with Crippen LogP contribution in [-0.2, 0) is 7.05 Å². The number of nitrogens with zero attached hydrogens (tertiary/aromatic N) is 2. The number of pyridine rings is 1. The van der Waals surface area contributed by atoms with Gasteiger partial charge < -0.3 is 14.9 Å². The fraction of sp³-hybridized carbons (Fsp3) is 0.214. The van der Waals surface area contributed by atoms with Crippen LogP contribution in [0.5, 0.6) is 0 Å². The molecule has 2 heterocycles. The molecule has 0 aliphatic heterocycles. The van der Waals surface area contributed by atoms with Gasteiger partial charge in [0.25, 0.3) is 5.56 Å². The fourth-order valence-corrected chi connectivity index (χ4v) is 2.28. The molecule has 0 fully saturated rings. The molecule has 3 rings (SSSR count). The minimum atomic E-state index is -0.488. The lowest BCUT2D eigenvalue weighted by atomic mass is 10.1. The van der Waals surface area contributed by atoms with E-state index >= 15 is 0 Å². The molecule has 0 spiro atoms. The molecule has 2 aromatic heterocycles. The maximum absolute atomic E-state index is 12.2. The topological polar surface area (TPSA) is 91.0 Å². The van der Waals surface area contributed by atoms with Crippen molar-refractivity contribution in [3.63, 3.8) is 0 Å². The maximum Gasteiger partial charge on any atom is 0.328 e. The molecule has 21 heavy (non-hydrogen) atoms. The molecular formula is C14H14N4O3. The zero-order valence-corrected chi connectivity index (χ0v) is 11.9. The highest BCUT2D eigenvalue weighted by atomic mass is 16.2. The lowest BCUT2D eigenvalue weighted by Gasteiger charge is -2.13. The van der Waals surface area contributed by atoms with Crippen molar-refractivity contribution in [3.05, 3.63) is 49.3 Å². The fourth-order valence-electron chi connectivity index (χ4n) is 2.28. The van der Waals surface area contributed by atoms with E-state index in [-0.39, 0.29) is 5.43 Å². The number of fused-ring (bicyclic) bond motifs is 2. The van der Waals surface area contributed by atoms with Crippen LogP contribution in [0, 0.1) is 0 Å². The van der Waals surface area contributed by atoms with Crippen LogP contribution in [0.25, 0.3) is 21.8 Å². The van der Waals surface area contributed by atoms with Crippen LogP contribution in [0.1, 0.15) is 0 Å². The third kappa shape index (κ3) is 1.94. The van der Waals surface area contributed by atoms with Gasteiger partial charge in [0, 0.05) is 32.6 Å². The van der Waals surface area contributed by atoms with Gasteiger partial charge in [0.2, 0.25) is 0 Å². The number of anilines is 1. The molecule has 0 aliphatic rings. The van der Waals surface area contributed by atoms with Gasteiger partial charge in [-0.1, -0.05) is 0 Å². The van der Waals surface area contributed by atoms with Crippen LogP contribution >= 0.6 is 0 Å². The van der Waals surface area contributed by atoms with E-state index in [2.05, 4.69) is 9.97 Å². The molecule has 0 bridgehead atoms. The number of rotatable bonds is 1. The van der Waals surface area contributed by atoms with Crippen LogP contribution in [0.3, 0.4) is 0 Å². The lowest BCUT2D eigenvalue weighted by Crippen LogP contribution is -2.32. The number of aromatic nitrogens is 3. The van der Waals surface area contributed by atoms with Crippen LogP contribution in [0.2, 0.25) is 0 Å². The van der Waals surface area contributed by atoms with Crippen LogP contribution in [0.15, 0.2) is 32.6 Å². The van der Waals surface area contributed by atoms with E-state index < -0.39 is 11.2 Å². The minimum absolute atomic E-state index is 0.178. The number of aromatic amines is 2. The molecule has 0 aliphatic carbocycles. The Labute approximate surface area is 118 Å². The van der Waals surface area contributed by atoms with Crippen molar-refractivity contribution in [2.75, 3.05) is 19.0 Å². The molecule has 0 unspecified atom stereocenters. The van der Waals surface area contributed by atoms with E-state index in [9.17, 15) is 14.4 Å². The summed E-state index contributed by atoms with van der Waals surface area (Å²) in [7, 11) is 5.02. The largest absolute Gasteiger partial charge is 0.364 e. The summed E-state index contributed by atoms with van der Waals surface area (Å²) in [6.07, 6.45) is 0. The van der Waals surface area contributed by atoms with Crippen molar-refractivity contribution in [1.82, 2.24) is 14.5 Å². The first kappa shape index (κ1) is 13.2. The van der Waals surface area contributed by atoms with Crippen molar-refractivity contribution in [1.29, 1.82) is 0 Å². The number of nitrogens with one attached hydrogen (secondary N) is 2. The number of hydrogen-bond donors (Lipinski definition) is 2. The predicted octanol–water partition coefficient (Wildman–Crippen LogP) is 0.134. The quantitative estimate of drug-likeness (QED) is 0.622. The summed E-state index contributed by atoms with van der Waals surface area (Å²) < 4.78 is 0.983. The molecular weight excluding hydrogens is 272 g/mol. The monoisotopic (exact) mass is 286 g/mol. The second-order valence-electron chi connectivity index (χ2n) is 5.15. The third-order valence-corrected chi connectivity index (χ3v) is 3.52. The Morgan fingerprint density at radius 2 is 1.62 bits per heavy atom. The molecule has 3 aromatic rings. The van der Waals surface area contributed by atoms with E-state index in [1.54, 1.807) is 11.0 Å². The van der Waals surface area contributed by atoms with Crippen LogP contribution in [0.4, 0.5) is 5.82 Å². The van der Waals surface area contributed by atoms with E-state index in [0.717, 1.165) is 4.57 Å². The Kier molecular flexibility index (Phi) is 2.72. The lowest BCUT2D eigenvalue weighted by molar-refractivity contribution is 0.794.